The normalized spacial score (nSPS) is 14.6. The van der Waals surface area contributed by atoms with Gasteiger partial charge in [-0.3, -0.25) is 0 Å². The number of benzene rings is 2. The minimum atomic E-state index is -5.00. The van der Waals surface area contributed by atoms with Crippen molar-refractivity contribution in [2.75, 3.05) is 25.0 Å². The molecule has 0 spiro atoms. The molecule has 0 bridgehead atoms. The highest BCUT2D eigenvalue weighted by atomic mass is 19.4. The number of hydrazone groups is 1. The minimum Gasteiger partial charge on any atom is -0.368 e. The Morgan fingerprint density at radius 1 is 1.00 bits per heavy atom. The number of hydrogen-bond donors (Lipinski definition) is 2. The molecular weight excluding hydrogens is 586 g/mol. The Bertz CT molecular complexity index is 1510. The zero-order valence-electron chi connectivity index (χ0n) is 24.4. The number of anilines is 1. The Morgan fingerprint density at radius 2 is 1.64 bits per heavy atom. The van der Waals surface area contributed by atoms with Gasteiger partial charge < -0.3 is 15.5 Å². The lowest BCUT2D eigenvalue weighted by Crippen LogP contribution is -2.40. The summed E-state index contributed by atoms with van der Waals surface area (Å²) in [5.74, 6) is 6.48. The molecule has 14 heteroatoms. The van der Waals surface area contributed by atoms with E-state index in [9.17, 15) is 31.6 Å². The van der Waals surface area contributed by atoms with Crippen LogP contribution in [0, 0.1) is 17.2 Å². The third kappa shape index (κ3) is 8.02. The number of hydrogen-bond acceptors (Lipinski definition) is 6. The van der Waals surface area contributed by atoms with Crippen LogP contribution in [0.15, 0.2) is 47.6 Å². The van der Waals surface area contributed by atoms with E-state index in [4.69, 9.17) is 16.6 Å². The summed E-state index contributed by atoms with van der Waals surface area (Å²) in [6.45, 7) is 2.81. The van der Waals surface area contributed by atoms with Crippen LogP contribution in [0.25, 0.3) is 10.9 Å². The first-order chi connectivity index (χ1) is 20.7. The second-order valence-electron chi connectivity index (χ2n) is 11.0. The summed E-state index contributed by atoms with van der Waals surface area (Å²) < 4.78 is 81.7. The summed E-state index contributed by atoms with van der Waals surface area (Å²) in [6, 6.07) is 10.4. The molecule has 1 aromatic heterocycles. The first-order valence-electron chi connectivity index (χ1n) is 14.1. The molecule has 1 fully saturated rings. The molecule has 3 aromatic rings. The van der Waals surface area contributed by atoms with Crippen LogP contribution in [0.5, 0.6) is 0 Å². The van der Waals surface area contributed by atoms with E-state index in [0.29, 0.717) is 52.4 Å². The molecule has 1 heterocycles. The maximum absolute atomic E-state index is 13.6. The standard InChI is InChI=1S/C30H34F6N8/c1-3-43(16-19-6-4-5-7-19)27-23(13-22-9-8-20(15-37)12-26(22)40-27)18-44(28(38)41-42(2)39)17-21-10-24(29(31,32)33)14-25(11-21)30(34,35)36/h8-14,19H,3-7,16-18,39H2,1-2H3,(H2,38,41). The lowest BCUT2D eigenvalue weighted by Gasteiger charge is -2.31. The van der Waals surface area contributed by atoms with E-state index < -0.39 is 30.0 Å². The fraction of sp³-hybridized carbons (Fsp3) is 0.433. The van der Waals surface area contributed by atoms with Crippen molar-refractivity contribution < 1.29 is 26.3 Å². The Hall–Kier alpha value is -4.25. The summed E-state index contributed by atoms with van der Waals surface area (Å²) in [6.07, 6.45) is -5.59. The number of pyridine rings is 1. The van der Waals surface area contributed by atoms with Crippen molar-refractivity contribution in [1.82, 2.24) is 15.0 Å². The van der Waals surface area contributed by atoms with E-state index in [1.807, 2.05) is 13.0 Å². The van der Waals surface area contributed by atoms with E-state index in [-0.39, 0.29) is 24.1 Å². The SMILES string of the molecule is CCN(CC1CCCC1)c1nc2cc(C#N)ccc2cc1CN(Cc1cc(C(F)(F)F)cc(C(F)(F)F)c1)/C(N)=N/N(C)N. The van der Waals surface area contributed by atoms with Crippen LogP contribution in [0.4, 0.5) is 32.2 Å². The predicted molar refractivity (Wildman–Crippen MR) is 156 cm³/mol. The first-order valence-corrected chi connectivity index (χ1v) is 14.1. The number of aromatic nitrogens is 1. The van der Waals surface area contributed by atoms with E-state index in [0.717, 1.165) is 37.3 Å². The monoisotopic (exact) mass is 620 g/mol. The number of alkyl halides is 6. The fourth-order valence-corrected chi connectivity index (χ4v) is 5.51. The van der Waals surface area contributed by atoms with E-state index in [1.165, 1.54) is 11.9 Å². The van der Waals surface area contributed by atoms with E-state index in [1.54, 1.807) is 18.2 Å². The van der Waals surface area contributed by atoms with Crippen molar-refractivity contribution in [3.63, 3.8) is 0 Å². The largest absolute Gasteiger partial charge is 0.416 e. The molecule has 8 nitrogen and oxygen atoms in total. The van der Waals surface area contributed by atoms with Gasteiger partial charge in [-0.2, -0.15) is 31.6 Å². The Balaban J connectivity index is 1.83. The van der Waals surface area contributed by atoms with Gasteiger partial charge in [0.15, 0.2) is 0 Å². The van der Waals surface area contributed by atoms with Gasteiger partial charge >= 0.3 is 12.4 Å². The van der Waals surface area contributed by atoms with Crippen LogP contribution >= 0.6 is 0 Å². The molecule has 1 aliphatic rings. The molecule has 4 rings (SSSR count). The number of nitrogens with two attached hydrogens (primary N) is 2. The first kappa shape index (κ1) is 32.7. The average molecular weight is 621 g/mol. The molecule has 0 amide bonds. The van der Waals surface area contributed by atoms with Crippen molar-refractivity contribution in [3.8, 4) is 6.07 Å². The second-order valence-corrected chi connectivity index (χ2v) is 11.0. The molecule has 4 N–H and O–H groups in total. The maximum Gasteiger partial charge on any atom is 0.416 e. The number of fused-ring (bicyclic) bond motifs is 1. The fourth-order valence-electron chi connectivity index (χ4n) is 5.51. The summed E-state index contributed by atoms with van der Waals surface area (Å²) in [7, 11) is 1.38. The van der Waals surface area contributed by atoms with Crippen molar-refractivity contribution in [2.24, 2.45) is 22.6 Å². The zero-order valence-corrected chi connectivity index (χ0v) is 24.4. The van der Waals surface area contributed by atoms with Crippen LogP contribution in [-0.4, -0.2) is 41.1 Å². The van der Waals surface area contributed by atoms with Gasteiger partial charge in [-0.05, 0) is 67.6 Å². The molecule has 0 aliphatic heterocycles. The molecule has 1 aliphatic carbocycles. The summed E-state index contributed by atoms with van der Waals surface area (Å²) in [4.78, 5) is 8.37. The van der Waals surface area contributed by atoms with Gasteiger partial charge in [0, 0.05) is 44.2 Å². The molecule has 0 saturated heterocycles. The van der Waals surface area contributed by atoms with Gasteiger partial charge in [-0.15, -0.1) is 5.10 Å². The van der Waals surface area contributed by atoms with Gasteiger partial charge in [0.2, 0.25) is 5.96 Å². The number of rotatable bonds is 9. The number of nitriles is 1. The molecule has 236 valence electrons. The summed E-state index contributed by atoms with van der Waals surface area (Å²) in [5, 5.41) is 15.0. The number of guanidine groups is 1. The molecule has 0 radical (unpaired) electrons. The highest BCUT2D eigenvalue weighted by Crippen LogP contribution is 2.37. The predicted octanol–water partition coefficient (Wildman–Crippen LogP) is 6.20. The summed E-state index contributed by atoms with van der Waals surface area (Å²) in [5.41, 5.74) is 4.76. The smallest absolute Gasteiger partial charge is 0.368 e. The van der Waals surface area contributed by atoms with E-state index >= 15 is 0 Å². The van der Waals surface area contributed by atoms with Gasteiger partial charge in [0.1, 0.15) is 5.82 Å². The number of halogens is 6. The van der Waals surface area contributed by atoms with Crippen LogP contribution in [0.3, 0.4) is 0 Å². The third-order valence-electron chi connectivity index (χ3n) is 7.60. The van der Waals surface area contributed by atoms with Gasteiger partial charge in [0.05, 0.1) is 28.3 Å². The van der Waals surface area contributed by atoms with Gasteiger partial charge in [-0.1, -0.05) is 18.9 Å². The lowest BCUT2D eigenvalue weighted by molar-refractivity contribution is -0.143. The van der Waals surface area contributed by atoms with Gasteiger partial charge in [0.25, 0.3) is 0 Å². The van der Waals surface area contributed by atoms with Crippen LogP contribution in [0.2, 0.25) is 0 Å². The van der Waals surface area contributed by atoms with Crippen molar-refractivity contribution in [1.29, 1.82) is 5.26 Å². The van der Waals surface area contributed by atoms with Crippen LogP contribution in [0.1, 0.15) is 60.4 Å². The highest BCUT2D eigenvalue weighted by molar-refractivity contribution is 5.84. The highest BCUT2D eigenvalue weighted by Gasteiger charge is 2.37. The second kappa shape index (κ2) is 13.2. The topological polar surface area (TPSA) is 111 Å². The lowest BCUT2D eigenvalue weighted by atomic mass is 10.0. The Labute approximate surface area is 251 Å². The molecule has 44 heavy (non-hydrogen) atoms. The van der Waals surface area contributed by atoms with E-state index in [2.05, 4.69) is 16.1 Å². The third-order valence-corrected chi connectivity index (χ3v) is 7.60. The number of nitrogens with zero attached hydrogens (tertiary/aromatic N) is 6. The Morgan fingerprint density at radius 3 is 2.18 bits per heavy atom. The molecular formula is C30H34F6N8. The quantitative estimate of drug-likeness (QED) is 0.0964. The molecule has 2 aromatic carbocycles. The van der Waals surface area contributed by atoms with Crippen LogP contribution < -0.4 is 16.5 Å². The van der Waals surface area contributed by atoms with Gasteiger partial charge in [-0.25, -0.2) is 15.9 Å². The van der Waals surface area contributed by atoms with Crippen LogP contribution in [-0.2, 0) is 25.4 Å². The average Bonchev–Trinajstić information content (AvgIpc) is 3.47. The van der Waals surface area contributed by atoms with Crippen molar-refractivity contribution in [3.05, 3.63) is 70.3 Å². The maximum atomic E-state index is 13.6. The van der Waals surface area contributed by atoms with Crippen molar-refractivity contribution in [2.45, 2.75) is 58.0 Å². The minimum absolute atomic E-state index is 0.0553. The number of hydrazine groups is 1. The Kier molecular flexibility index (Phi) is 9.78. The van der Waals surface area contributed by atoms with Crippen molar-refractivity contribution >= 4 is 22.7 Å². The molecule has 1 saturated carbocycles. The summed E-state index contributed by atoms with van der Waals surface area (Å²) >= 11 is 0. The zero-order chi connectivity index (χ0) is 32.2. The molecule has 0 unspecified atom stereocenters. The molecule has 0 atom stereocenters.